The van der Waals surface area contributed by atoms with Gasteiger partial charge in [0.1, 0.15) is 6.54 Å². The molecule has 0 aromatic carbocycles. The van der Waals surface area contributed by atoms with Gasteiger partial charge in [-0.1, -0.05) is 70.4 Å². The summed E-state index contributed by atoms with van der Waals surface area (Å²) in [7, 11) is 1.55. The number of hydrogen-bond acceptors (Lipinski definition) is 2. The molecule has 0 saturated heterocycles. The SMILES string of the molecule is CCCCCCCCC=CCCCCCCCC(=O)N(C)CC(=O)O.[H-].[K+]. The second kappa shape index (κ2) is 21.6. The molecule has 0 saturated carbocycles. The predicted octanol–water partition coefficient (Wildman–Crippen LogP) is 2.68. The molecule has 0 bridgehead atoms. The number of hydrogen-bond donors (Lipinski definition) is 1. The van der Waals surface area contributed by atoms with Crippen LogP contribution in [0.2, 0.25) is 0 Å². The van der Waals surface area contributed by atoms with Crippen molar-refractivity contribution in [3.63, 3.8) is 0 Å². The van der Waals surface area contributed by atoms with Gasteiger partial charge in [0.25, 0.3) is 0 Å². The minimum Gasteiger partial charge on any atom is -1.00 e. The van der Waals surface area contributed by atoms with Crippen LogP contribution in [0.15, 0.2) is 12.2 Å². The Morgan fingerprint density at radius 1 is 0.846 bits per heavy atom. The number of carboxylic acids is 1. The van der Waals surface area contributed by atoms with Crippen LogP contribution in [0.5, 0.6) is 0 Å². The summed E-state index contributed by atoms with van der Waals surface area (Å²) in [5.74, 6) is -1.03. The molecule has 0 fully saturated rings. The minimum absolute atomic E-state index is 0. The molecular weight excluding hydrogens is 353 g/mol. The molecule has 148 valence electrons. The Hall–Kier alpha value is 0.316. The number of unbranched alkanes of at least 4 members (excludes halogenated alkanes) is 11. The maximum absolute atomic E-state index is 11.7. The van der Waals surface area contributed by atoms with E-state index >= 15 is 0 Å². The van der Waals surface area contributed by atoms with Gasteiger partial charge in [-0.3, -0.25) is 9.59 Å². The van der Waals surface area contributed by atoms with E-state index in [1.54, 1.807) is 7.05 Å². The van der Waals surface area contributed by atoms with Crippen molar-refractivity contribution in [3.8, 4) is 0 Å². The molecule has 0 atom stereocenters. The van der Waals surface area contributed by atoms with Crippen molar-refractivity contribution in [1.82, 2.24) is 4.90 Å². The molecule has 0 unspecified atom stereocenters. The van der Waals surface area contributed by atoms with Crippen molar-refractivity contribution in [1.29, 1.82) is 0 Å². The number of aliphatic carboxylic acids is 1. The van der Waals surface area contributed by atoms with Gasteiger partial charge in [-0.2, -0.15) is 0 Å². The Labute approximate surface area is 205 Å². The fourth-order valence-electron chi connectivity index (χ4n) is 2.83. The van der Waals surface area contributed by atoms with Gasteiger partial charge in [-0.25, -0.2) is 0 Å². The summed E-state index contributed by atoms with van der Waals surface area (Å²) in [4.78, 5) is 23.5. The first-order valence-corrected chi connectivity index (χ1v) is 10.2. The van der Waals surface area contributed by atoms with Gasteiger partial charge in [0, 0.05) is 13.5 Å². The molecule has 0 aromatic heterocycles. The van der Waals surface area contributed by atoms with Crippen LogP contribution in [0.3, 0.4) is 0 Å². The molecule has 4 nitrogen and oxygen atoms in total. The topological polar surface area (TPSA) is 57.6 Å². The predicted molar refractivity (Wildman–Crippen MR) is 106 cm³/mol. The normalized spacial score (nSPS) is 10.7. The van der Waals surface area contributed by atoms with Crippen molar-refractivity contribution in [3.05, 3.63) is 12.2 Å². The van der Waals surface area contributed by atoms with Crippen molar-refractivity contribution in [2.75, 3.05) is 13.6 Å². The van der Waals surface area contributed by atoms with Crippen molar-refractivity contribution in [2.45, 2.75) is 96.8 Å². The Bertz CT molecular complexity index is 378. The van der Waals surface area contributed by atoms with Crippen LogP contribution in [-0.4, -0.2) is 35.5 Å². The Morgan fingerprint density at radius 3 is 1.81 bits per heavy atom. The second-order valence-corrected chi connectivity index (χ2v) is 6.98. The molecule has 1 amide bonds. The number of allylic oxidation sites excluding steroid dienone is 2. The number of amides is 1. The third-order valence-corrected chi connectivity index (χ3v) is 4.45. The van der Waals surface area contributed by atoms with Crippen LogP contribution in [0.1, 0.15) is 98.2 Å². The summed E-state index contributed by atoms with van der Waals surface area (Å²) in [5.41, 5.74) is 0. The average molecular weight is 394 g/mol. The molecule has 26 heavy (non-hydrogen) atoms. The molecule has 0 radical (unpaired) electrons. The van der Waals surface area contributed by atoms with E-state index in [9.17, 15) is 9.59 Å². The summed E-state index contributed by atoms with van der Waals surface area (Å²) in [6.45, 7) is 2.05. The number of carboxylic acid groups (broad SMARTS) is 1. The molecular formula is C21H40KNO3. The van der Waals surface area contributed by atoms with Crippen LogP contribution in [0.25, 0.3) is 0 Å². The summed E-state index contributed by atoms with van der Waals surface area (Å²) < 4.78 is 0. The molecule has 0 aliphatic carbocycles. The van der Waals surface area contributed by atoms with Crippen LogP contribution >= 0.6 is 0 Å². The first-order valence-electron chi connectivity index (χ1n) is 10.2. The molecule has 0 rings (SSSR count). The number of carbonyl (C=O) groups excluding carboxylic acids is 1. The van der Waals surface area contributed by atoms with E-state index in [1.165, 1.54) is 62.7 Å². The summed E-state index contributed by atoms with van der Waals surface area (Å²) in [5, 5.41) is 8.64. The monoisotopic (exact) mass is 393 g/mol. The third-order valence-electron chi connectivity index (χ3n) is 4.45. The zero-order valence-electron chi connectivity index (χ0n) is 18.5. The number of nitrogens with zero attached hydrogens (tertiary/aromatic N) is 1. The maximum Gasteiger partial charge on any atom is 1.00 e. The van der Waals surface area contributed by atoms with Gasteiger partial charge in [0.05, 0.1) is 0 Å². The van der Waals surface area contributed by atoms with E-state index in [2.05, 4.69) is 19.1 Å². The van der Waals surface area contributed by atoms with Gasteiger partial charge in [-0.15, -0.1) is 0 Å². The second-order valence-electron chi connectivity index (χ2n) is 6.98. The summed E-state index contributed by atoms with van der Waals surface area (Å²) in [6.07, 6.45) is 21.1. The van der Waals surface area contributed by atoms with Crippen molar-refractivity contribution in [2.24, 2.45) is 0 Å². The first kappa shape index (κ1) is 28.5. The molecule has 0 aliphatic rings. The van der Waals surface area contributed by atoms with Crippen LogP contribution in [0, 0.1) is 0 Å². The Kier molecular flexibility index (Phi) is 23.7. The van der Waals surface area contributed by atoms with E-state index in [0.717, 1.165) is 25.7 Å². The fraction of sp³-hybridized carbons (Fsp3) is 0.810. The van der Waals surface area contributed by atoms with E-state index in [0.29, 0.717) is 6.42 Å². The quantitative estimate of drug-likeness (QED) is 0.235. The standard InChI is InChI=1S/C21H39NO3.K.H/c1-3-4-5-6-7-8-9-10-11-12-13-14-15-16-17-18-20(23)22(2)19-21(24)25;;/h10-11H,3-9,12-19H2,1-2H3,(H,24,25);;/q;+1;-1. The number of likely N-dealkylation sites (N-methyl/N-ethyl adjacent to an activating group) is 1. The van der Waals surface area contributed by atoms with E-state index in [-0.39, 0.29) is 65.3 Å². The van der Waals surface area contributed by atoms with Gasteiger partial charge < -0.3 is 11.4 Å². The largest absolute Gasteiger partial charge is 1.00 e. The Balaban J connectivity index is -0.00000288. The van der Waals surface area contributed by atoms with Gasteiger partial charge in [-0.05, 0) is 32.1 Å². The van der Waals surface area contributed by atoms with Crippen molar-refractivity contribution >= 4 is 11.9 Å². The molecule has 0 aromatic rings. The summed E-state index contributed by atoms with van der Waals surface area (Å²) in [6, 6.07) is 0. The summed E-state index contributed by atoms with van der Waals surface area (Å²) >= 11 is 0. The van der Waals surface area contributed by atoms with Gasteiger partial charge in [0.15, 0.2) is 0 Å². The minimum atomic E-state index is -0.958. The number of rotatable bonds is 17. The molecule has 0 aliphatic heterocycles. The first-order chi connectivity index (χ1) is 12.1. The van der Waals surface area contributed by atoms with Crippen molar-refractivity contribution < 1.29 is 67.5 Å². The van der Waals surface area contributed by atoms with Gasteiger partial charge >= 0.3 is 57.4 Å². The molecule has 0 heterocycles. The fourth-order valence-corrected chi connectivity index (χ4v) is 2.83. The zero-order chi connectivity index (χ0) is 18.8. The van der Waals surface area contributed by atoms with E-state index in [4.69, 9.17) is 5.11 Å². The number of carbonyl (C=O) groups is 2. The third kappa shape index (κ3) is 20.6. The van der Waals surface area contributed by atoms with Crippen LogP contribution in [0.4, 0.5) is 0 Å². The zero-order valence-corrected chi connectivity index (χ0v) is 20.6. The van der Waals surface area contributed by atoms with Gasteiger partial charge in [0.2, 0.25) is 5.91 Å². The molecule has 1 N–H and O–H groups in total. The average Bonchev–Trinajstić information content (AvgIpc) is 2.57. The maximum atomic E-state index is 11.7. The van der Waals surface area contributed by atoms with E-state index in [1.807, 2.05) is 0 Å². The smallest absolute Gasteiger partial charge is 1.00 e. The molecule has 5 heteroatoms. The van der Waals surface area contributed by atoms with E-state index < -0.39 is 5.97 Å². The Morgan fingerprint density at radius 2 is 1.31 bits per heavy atom. The molecule has 0 spiro atoms. The van der Waals surface area contributed by atoms with Crippen LogP contribution in [-0.2, 0) is 9.59 Å². The van der Waals surface area contributed by atoms with Crippen LogP contribution < -0.4 is 51.4 Å².